The van der Waals surface area contributed by atoms with Crippen molar-refractivity contribution in [2.24, 2.45) is 5.92 Å². The zero-order valence-electron chi connectivity index (χ0n) is 13.7. The van der Waals surface area contributed by atoms with Crippen molar-refractivity contribution in [2.75, 3.05) is 18.5 Å². The molecule has 1 saturated heterocycles. The molecule has 0 aliphatic carbocycles. The van der Waals surface area contributed by atoms with Crippen molar-refractivity contribution in [3.05, 3.63) is 12.7 Å². The number of aromatic nitrogens is 4. The third-order valence-corrected chi connectivity index (χ3v) is 4.46. The minimum atomic E-state index is -1.17. The lowest BCUT2D eigenvalue weighted by Gasteiger charge is -2.16. The summed E-state index contributed by atoms with van der Waals surface area (Å²) < 4.78 is 7.09. The molecule has 3 heterocycles. The first-order valence-corrected chi connectivity index (χ1v) is 8.10. The van der Waals surface area contributed by atoms with Crippen molar-refractivity contribution in [3.8, 4) is 0 Å². The molecule has 0 radical (unpaired) electrons. The van der Waals surface area contributed by atoms with Gasteiger partial charge in [0.15, 0.2) is 23.2 Å². The SMILES string of the molecule is CCC(C)CNc1ncnc2c1ncn2[C@@H]1O[C@H](CO)[C@@H](O)[C@H]1O. The highest BCUT2D eigenvalue weighted by atomic mass is 16.6. The van der Waals surface area contributed by atoms with E-state index in [0.29, 0.717) is 22.9 Å². The monoisotopic (exact) mass is 337 g/mol. The first-order chi connectivity index (χ1) is 11.6. The van der Waals surface area contributed by atoms with Crippen molar-refractivity contribution in [2.45, 2.75) is 44.8 Å². The quantitative estimate of drug-likeness (QED) is 0.575. The molecule has 0 amide bonds. The Kier molecular flexibility index (Phi) is 4.95. The lowest BCUT2D eigenvalue weighted by atomic mass is 10.1. The second-order valence-corrected chi connectivity index (χ2v) is 6.17. The van der Waals surface area contributed by atoms with Crippen molar-refractivity contribution >= 4 is 17.0 Å². The Balaban J connectivity index is 1.89. The number of aliphatic hydroxyl groups excluding tert-OH is 3. The van der Waals surface area contributed by atoms with Crippen LogP contribution < -0.4 is 5.32 Å². The number of anilines is 1. The number of aliphatic hydroxyl groups is 3. The van der Waals surface area contributed by atoms with Crippen LogP contribution in [0.2, 0.25) is 0 Å². The number of nitrogens with one attached hydrogen (secondary N) is 1. The fourth-order valence-electron chi connectivity index (χ4n) is 2.69. The van der Waals surface area contributed by atoms with Gasteiger partial charge in [0.2, 0.25) is 0 Å². The van der Waals surface area contributed by atoms with Gasteiger partial charge < -0.3 is 25.4 Å². The van der Waals surface area contributed by atoms with E-state index < -0.39 is 24.5 Å². The van der Waals surface area contributed by atoms with Crippen LogP contribution in [-0.2, 0) is 4.74 Å². The molecule has 1 aliphatic rings. The number of hydrogen-bond donors (Lipinski definition) is 4. The zero-order chi connectivity index (χ0) is 17.3. The Labute approximate surface area is 139 Å². The summed E-state index contributed by atoms with van der Waals surface area (Å²) in [7, 11) is 0. The molecule has 3 rings (SSSR count). The van der Waals surface area contributed by atoms with Crippen LogP contribution in [0.25, 0.3) is 11.2 Å². The first-order valence-electron chi connectivity index (χ1n) is 8.10. The molecule has 0 saturated carbocycles. The Bertz CT molecular complexity index is 694. The van der Waals surface area contributed by atoms with Gasteiger partial charge in [0, 0.05) is 6.54 Å². The molecule has 1 fully saturated rings. The van der Waals surface area contributed by atoms with E-state index in [2.05, 4.69) is 34.1 Å². The van der Waals surface area contributed by atoms with Crippen molar-refractivity contribution < 1.29 is 20.1 Å². The minimum Gasteiger partial charge on any atom is -0.394 e. The Morgan fingerprint density at radius 1 is 1.29 bits per heavy atom. The van der Waals surface area contributed by atoms with Crippen molar-refractivity contribution in [3.63, 3.8) is 0 Å². The fourth-order valence-corrected chi connectivity index (χ4v) is 2.69. The number of rotatable bonds is 6. The predicted molar refractivity (Wildman–Crippen MR) is 86.3 cm³/mol. The van der Waals surface area contributed by atoms with Gasteiger partial charge in [0.1, 0.15) is 24.6 Å². The number of ether oxygens (including phenoxy) is 1. The third kappa shape index (κ3) is 2.95. The van der Waals surface area contributed by atoms with E-state index in [1.54, 1.807) is 4.57 Å². The number of imidazole rings is 1. The highest BCUT2D eigenvalue weighted by molar-refractivity contribution is 5.82. The molecule has 2 aromatic heterocycles. The molecule has 2 aromatic rings. The molecule has 0 bridgehead atoms. The van der Waals surface area contributed by atoms with Crippen LogP contribution in [0.1, 0.15) is 26.5 Å². The van der Waals surface area contributed by atoms with E-state index in [1.165, 1.54) is 12.7 Å². The smallest absolute Gasteiger partial charge is 0.167 e. The van der Waals surface area contributed by atoms with Crippen LogP contribution in [0, 0.1) is 5.92 Å². The van der Waals surface area contributed by atoms with E-state index in [-0.39, 0.29) is 6.61 Å². The summed E-state index contributed by atoms with van der Waals surface area (Å²) in [5.74, 6) is 1.11. The van der Waals surface area contributed by atoms with Gasteiger partial charge in [-0.25, -0.2) is 15.0 Å². The Morgan fingerprint density at radius 2 is 2.08 bits per heavy atom. The standard InChI is InChI=1S/C15H23N5O4/c1-3-8(2)4-16-13-10-14(18-6-17-13)20(7-19-10)15-12(23)11(22)9(5-21)24-15/h6-9,11-12,15,21-23H,3-5H2,1-2H3,(H,16,17,18)/t8?,9-,11-,12-,15-/m1/s1. The highest BCUT2D eigenvalue weighted by Crippen LogP contribution is 2.32. The van der Waals surface area contributed by atoms with Crippen LogP contribution in [-0.4, -0.2) is 66.3 Å². The van der Waals surface area contributed by atoms with Crippen LogP contribution in [0.4, 0.5) is 5.82 Å². The highest BCUT2D eigenvalue weighted by Gasteiger charge is 2.44. The molecule has 9 heteroatoms. The number of hydrogen-bond acceptors (Lipinski definition) is 8. The van der Waals surface area contributed by atoms with Crippen molar-refractivity contribution in [1.29, 1.82) is 0 Å². The summed E-state index contributed by atoms with van der Waals surface area (Å²) in [5, 5.41) is 32.6. The summed E-state index contributed by atoms with van der Waals surface area (Å²) in [5.41, 5.74) is 1.06. The van der Waals surface area contributed by atoms with Crippen LogP contribution in [0.3, 0.4) is 0 Å². The lowest BCUT2D eigenvalue weighted by molar-refractivity contribution is -0.0511. The van der Waals surface area contributed by atoms with E-state index in [1.807, 2.05) is 0 Å². The molecule has 0 aromatic carbocycles. The molecule has 4 N–H and O–H groups in total. The number of fused-ring (bicyclic) bond motifs is 1. The van der Waals surface area contributed by atoms with Gasteiger partial charge in [-0.05, 0) is 5.92 Å². The number of nitrogens with zero attached hydrogens (tertiary/aromatic N) is 4. The summed E-state index contributed by atoms with van der Waals surface area (Å²) in [6.45, 7) is 4.66. The van der Waals surface area contributed by atoms with E-state index in [9.17, 15) is 15.3 Å². The van der Waals surface area contributed by atoms with Gasteiger partial charge in [-0.15, -0.1) is 0 Å². The first kappa shape index (κ1) is 17.0. The van der Waals surface area contributed by atoms with Gasteiger partial charge in [-0.2, -0.15) is 0 Å². The lowest BCUT2D eigenvalue weighted by Crippen LogP contribution is -2.33. The second kappa shape index (κ2) is 6.98. The molecular weight excluding hydrogens is 314 g/mol. The van der Waals surface area contributed by atoms with E-state index in [0.717, 1.165) is 13.0 Å². The Morgan fingerprint density at radius 3 is 2.75 bits per heavy atom. The predicted octanol–water partition coefficient (Wildman–Crippen LogP) is -0.104. The van der Waals surface area contributed by atoms with E-state index in [4.69, 9.17) is 4.74 Å². The van der Waals surface area contributed by atoms with Crippen LogP contribution in [0.15, 0.2) is 12.7 Å². The normalized spacial score (nSPS) is 28.4. The Hall–Kier alpha value is -1.81. The average molecular weight is 337 g/mol. The van der Waals surface area contributed by atoms with E-state index >= 15 is 0 Å². The van der Waals surface area contributed by atoms with Gasteiger partial charge >= 0.3 is 0 Å². The maximum atomic E-state index is 10.2. The maximum Gasteiger partial charge on any atom is 0.167 e. The van der Waals surface area contributed by atoms with Crippen molar-refractivity contribution in [1.82, 2.24) is 19.5 Å². The molecule has 132 valence electrons. The van der Waals surface area contributed by atoms with Gasteiger partial charge in [-0.3, -0.25) is 4.57 Å². The fraction of sp³-hybridized carbons (Fsp3) is 0.667. The maximum absolute atomic E-state index is 10.2. The molecule has 0 spiro atoms. The molecule has 5 atom stereocenters. The van der Waals surface area contributed by atoms with Gasteiger partial charge in [-0.1, -0.05) is 20.3 Å². The van der Waals surface area contributed by atoms with Crippen LogP contribution >= 0.6 is 0 Å². The topological polar surface area (TPSA) is 126 Å². The summed E-state index contributed by atoms with van der Waals surface area (Å²) >= 11 is 0. The minimum absolute atomic E-state index is 0.377. The zero-order valence-corrected chi connectivity index (χ0v) is 13.7. The third-order valence-electron chi connectivity index (χ3n) is 4.46. The molecule has 1 unspecified atom stereocenters. The summed E-state index contributed by atoms with van der Waals surface area (Å²) in [6.07, 6.45) is -0.0762. The second-order valence-electron chi connectivity index (χ2n) is 6.17. The summed E-state index contributed by atoms with van der Waals surface area (Å²) in [4.78, 5) is 12.8. The van der Waals surface area contributed by atoms with Gasteiger partial charge in [0.25, 0.3) is 0 Å². The largest absolute Gasteiger partial charge is 0.394 e. The average Bonchev–Trinajstić information content (AvgIpc) is 3.15. The molecule has 24 heavy (non-hydrogen) atoms. The molecular formula is C15H23N5O4. The summed E-state index contributed by atoms with van der Waals surface area (Å²) in [6, 6.07) is 0. The van der Waals surface area contributed by atoms with Gasteiger partial charge in [0.05, 0.1) is 12.9 Å². The molecule has 9 nitrogen and oxygen atoms in total. The molecule has 1 aliphatic heterocycles. The van der Waals surface area contributed by atoms with Crippen LogP contribution in [0.5, 0.6) is 0 Å².